The van der Waals surface area contributed by atoms with Gasteiger partial charge in [0.15, 0.2) is 5.88 Å². The molecule has 28 heavy (non-hydrogen) atoms. The number of nitrogens with zero attached hydrogens (tertiary/aromatic N) is 2. The van der Waals surface area contributed by atoms with Crippen molar-refractivity contribution in [2.45, 2.75) is 19.9 Å². The van der Waals surface area contributed by atoms with Gasteiger partial charge in [0.25, 0.3) is 0 Å². The molecular formula is C23H22N4O. The molecule has 2 aromatic heterocycles. The zero-order valence-electron chi connectivity index (χ0n) is 15.8. The molecule has 4 rings (SSSR count). The standard InChI is InChI=1S/C23H22N4O/c1-15-5-3-7-21-22(15)20(23(28)27-21)14-25-18-8-10-19(11-9-18)26-16(2)17-6-4-12-24-13-17/h3-14,16,26-28H,1-2H3. The number of aryl methyl sites for hydroxylation is 1. The molecule has 140 valence electrons. The normalized spacial score (nSPS) is 12.5. The zero-order valence-corrected chi connectivity index (χ0v) is 15.8. The second kappa shape index (κ2) is 7.56. The van der Waals surface area contributed by atoms with Crippen LogP contribution in [-0.4, -0.2) is 21.3 Å². The van der Waals surface area contributed by atoms with Gasteiger partial charge in [-0.2, -0.15) is 0 Å². The lowest BCUT2D eigenvalue weighted by Gasteiger charge is -2.15. The van der Waals surface area contributed by atoms with Gasteiger partial charge in [0.05, 0.1) is 17.3 Å². The average molecular weight is 370 g/mol. The lowest BCUT2D eigenvalue weighted by molar-refractivity contribution is 0.457. The van der Waals surface area contributed by atoms with Crippen LogP contribution in [0, 0.1) is 6.92 Å². The van der Waals surface area contributed by atoms with Gasteiger partial charge in [0.1, 0.15) is 0 Å². The van der Waals surface area contributed by atoms with Crippen molar-refractivity contribution >= 4 is 28.5 Å². The molecule has 0 saturated carbocycles. The molecule has 4 aromatic rings. The number of aliphatic imine (C=N–C) groups is 1. The Hall–Kier alpha value is -3.60. The fraction of sp³-hybridized carbons (Fsp3) is 0.130. The first-order valence-corrected chi connectivity index (χ1v) is 9.22. The van der Waals surface area contributed by atoms with Crippen LogP contribution in [0.3, 0.4) is 0 Å². The molecule has 0 spiro atoms. The minimum absolute atomic E-state index is 0.136. The van der Waals surface area contributed by atoms with Gasteiger partial charge in [-0.3, -0.25) is 9.98 Å². The van der Waals surface area contributed by atoms with Crippen molar-refractivity contribution in [1.82, 2.24) is 9.97 Å². The third-order valence-corrected chi connectivity index (χ3v) is 4.83. The number of nitrogens with one attached hydrogen (secondary N) is 2. The molecule has 3 N–H and O–H groups in total. The molecule has 0 aliphatic carbocycles. The summed E-state index contributed by atoms with van der Waals surface area (Å²) in [6, 6.07) is 18.0. The molecule has 0 fully saturated rings. The molecule has 1 unspecified atom stereocenters. The van der Waals surface area contributed by atoms with Crippen LogP contribution < -0.4 is 5.32 Å². The van der Waals surface area contributed by atoms with Gasteiger partial charge in [-0.1, -0.05) is 18.2 Å². The molecule has 0 amide bonds. The number of aromatic nitrogens is 2. The monoisotopic (exact) mass is 370 g/mol. The summed E-state index contributed by atoms with van der Waals surface area (Å²) in [5.74, 6) is 0.136. The largest absolute Gasteiger partial charge is 0.494 e. The molecule has 0 aliphatic rings. The Morgan fingerprint density at radius 3 is 2.68 bits per heavy atom. The lowest BCUT2D eigenvalue weighted by atomic mass is 10.1. The van der Waals surface area contributed by atoms with Crippen molar-refractivity contribution in [3.63, 3.8) is 0 Å². The number of pyridine rings is 1. The molecule has 5 heteroatoms. The van der Waals surface area contributed by atoms with Crippen LogP contribution in [0.5, 0.6) is 5.88 Å². The van der Waals surface area contributed by atoms with Crippen molar-refractivity contribution in [2.75, 3.05) is 5.32 Å². The van der Waals surface area contributed by atoms with Crippen LogP contribution >= 0.6 is 0 Å². The highest BCUT2D eigenvalue weighted by atomic mass is 16.3. The van der Waals surface area contributed by atoms with E-state index in [1.165, 1.54) is 0 Å². The third-order valence-electron chi connectivity index (χ3n) is 4.83. The number of H-pyrrole nitrogens is 1. The summed E-state index contributed by atoms with van der Waals surface area (Å²) in [4.78, 5) is 11.7. The van der Waals surface area contributed by atoms with E-state index in [0.717, 1.165) is 33.4 Å². The molecule has 1 atom stereocenters. The Labute approximate surface area is 163 Å². The number of aromatic hydroxyl groups is 1. The van der Waals surface area contributed by atoms with Gasteiger partial charge in [-0.05, 0) is 61.4 Å². The maximum absolute atomic E-state index is 10.2. The first-order chi connectivity index (χ1) is 13.6. The van der Waals surface area contributed by atoms with E-state index < -0.39 is 0 Å². The SMILES string of the molecule is Cc1cccc2[nH]c(O)c(C=Nc3ccc(NC(C)c4cccnc4)cc3)c12. The van der Waals surface area contributed by atoms with Gasteiger partial charge in [0.2, 0.25) is 0 Å². The Kier molecular flexibility index (Phi) is 4.81. The number of aromatic amines is 1. The van der Waals surface area contributed by atoms with Gasteiger partial charge in [-0.15, -0.1) is 0 Å². The fourth-order valence-corrected chi connectivity index (χ4v) is 3.32. The summed E-state index contributed by atoms with van der Waals surface area (Å²) < 4.78 is 0. The summed E-state index contributed by atoms with van der Waals surface area (Å²) in [7, 11) is 0. The highest BCUT2D eigenvalue weighted by Crippen LogP contribution is 2.29. The van der Waals surface area contributed by atoms with E-state index in [9.17, 15) is 5.11 Å². The van der Waals surface area contributed by atoms with Crippen LogP contribution in [0.25, 0.3) is 10.9 Å². The predicted molar refractivity (Wildman–Crippen MR) is 115 cm³/mol. The van der Waals surface area contributed by atoms with Crippen molar-refractivity contribution in [1.29, 1.82) is 0 Å². The van der Waals surface area contributed by atoms with Crippen LogP contribution in [0.15, 0.2) is 72.0 Å². The maximum Gasteiger partial charge on any atom is 0.198 e. The Morgan fingerprint density at radius 2 is 1.93 bits per heavy atom. The topological polar surface area (TPSA) is 73.3 Å². The summed E-state index contributed by atoms with van der Waals surface area (Å²) >= 11 is 0. The minimum atomic E-state index is 0.136. The van der Waals surface area contributed by atoms with Crippen molar-refractivity contribution < 1.29 is 5.11 Å². The summed E-state index contributed by atoms with van der Waals surface area (Å²) in [6.45, 7) is 4.13. The lowest BCUT2D eigenvalue weighted by Crippen LogP contribution is -2.06. The molecule has 2 aromatic carbocycles. The number of hydrogen-bond donors (Lipinski definition) is 3. The van der Waals surface area contributed by atoms with Crippen LogP contribution in [0.2, 0.25) is 0 Å². The first kappa shape index (κ1) is 17.8. The summed E-state index contributed by atoms with van der Waals surface area (Å²) in [5.41, 5.74) is 5.68. The van der Waals surface area contributed by atoms with Crippen molar-refractivity contribution in [2.24, 2.45) is 4.99 Å². The molecular weight excluding hydrogens is 348 g/mol. The maximum atomic E-state index is 10.2. The van der Waals surface area contributed by atoms with Crippen LogP contribution in [-0.2, 0) is 0 Å². The molecule has 0 aliphatic heterocycles. The van der Waals surface area contributed by atoms with E-state index in [-0.39, 0.29) is 11.9 Å². The fourth-order valence-electron chi connectivity index (χ4n) is 3.32. The van der Waals surface area contributed by atoms with E-state index in [0.29, 0.717) is 5.56 Å². The number of hydrogen-bond acceptors (Lipinski definition) is 4. The second-order valence-electron chi connectivity index (χ2n) is 6.84. The van der Waals surface area contributed by atoms with Crippen LogP contribution in [0.1, 0.15) is 29.7 Å². The molecule has 5 nitrogen and oxygen atoms in total. The molecule has 0 bridgehead atoms. The molecule has 2 heterocycles. The zero-order chi connectivity index (χ0) is 19.5. The molecule has 0 radical (unpaired) electrons. The molecule has 0 saturated heterocycles. The Morgan fingerprint density at radius 1 is 1.11 bits per heavy atom. The van der Waals surface area contributed by atoms with E-state index in [4.69, 9.17) is 0 Å². The Bertz CT molecular complexity index is 1110. The van der Waals surface area contributed by atoms with Gasteiger partial charge >= 0.3 is 0 Å². The number of anilines is 1. The quantitative estimate of drug-likeness (QED) is 0.406. The van der Waals surface area contributed by atoms with Gasteiger partial charge in [-0.25, -0.2) is 0 Å². The summed E-state index contributed by atoms with van der Waals surface area (Å²) in [6.07, 6.45) is 5.35. The predicted octanol–water partition coefficient (Wildman–Crippen LogP) is 5.50. The van der Waals surface area contributed by atoms with E-state index in [2.05, 4.69) is 33.3 Å². The second-order valence-corrected chi connectivity index (χ2v) is 6.84. The highest BCUT2D eigenvalue weighted by molar-refractivity contribution is 6.04. The van der Waals surface area contributed by atoms with E-state index >= 15 is 0 Å². The Balaban J connectivity index is 1.52. The first-order valence-electron chi connectivity index (χ1n) is 9.22. The smallest absolute Gasteiger partial charge is 0.198 e. The highest BCUT2D eigenvalue weighted by Gasteiger charge is 2.10. The number of fused-ring (bicyclic) bond motifs is 1. The van der Waals surface area contributed by atoms with E-state index in [1.807, 2.05) is 61.7 Å². The van der Waals surface area contributed by atoms with Gasteiger partial charge in [0, 0.05) is 35.2 Å². The third kappa shape index (κ3) is 3.60. The van der Waals surface area contributed by atoms with Crippen molar-refractivity contribution in [3.05, 3.63) is 83.7 Å². The number of rotatable bonds is 5. The van der Waals surface area contributed by atoms with Crippen LogP contribution in [0.4, 0.5) is 11.4 Å². The van der Waals surface area contributed by atoms with Gasteiger partial charge < -0.3 is 15.4 Å². The number of benzene rings is 2. The van der Waals surface area contributed by atoms with Crippen molar-refractivity contribution in [3.8, 4) is 5.88 Å². The summed E-state index contributed by atoms with van der Waals surface area (Å²) in [5, 5.41) is 14.7. The minimum Gasteiger partial charge on any atom is -0.494 e. The average Bonchev–Trinajstić information content (AvgIpc) is 3.04. The van der Waals surface area contributed by atoms with E-state index in [1.54, 1.807) is 12.4 Å².